The van der Waals surface area contributed by atoms with Gasteiger partial charge in [0.2, 0.25) is 0 Å². The van der Waals surface area contributed by atoms with E-state index in [0.717, 1.165) is 5.69 Å². The van der Waals surface area contributed by atoms with Crippen molar-refractivity contribution in [3.05, 3.63) is 33.8 Å². The fraction of sp³-hybridized carbons (Fsp3) is 0.750. The molecule has 0 saturated carbocycles. The Labute approximate surface area is 193 Å². The first-order valence-electron chi connectivity index (χ1n) is 10.4. The van der Waals surface area contributed by atoms with E-state index in [1.165, 1.54) is 16.7 Å². The Morgan fingerprint density at radius 3 is 1.25 bits per heavy atom. The van der Waals surface area contributed by atoms with Crippen molar-refractivity contribution in [2.45, 2.75) is 117 Å². The molecule has 0 unspecified atom stereocenters. The van der Waals surface area contributed by atoms with Gasteiger partial charge in [-0.15, -0.1) is 5.69 Å². The predicted molar refractivity (Wildman–Crippen MR) is 127 cm³/mol. The second-order valence-corrected chi connectivity index (χ2v) is 17.6. The van der Waals surface area contributed by atoms with E-state index in [-0.39, 0.29) is 35.1 Å². The third-order valence-corrected chi connectivity index (χ3v) is 12.2. The van der Waals surface area contributed by atoms with E-state index >= 15 is 0 Å². The minimum atomic E-state index is -2.33. The van der Waals surface area contributed by atoms with Crippen LogP contribution in [-0.2, 0) is 16.2 Å². The first kappa shape index (κ1) is 28.1. The molecule has 1 rings (SSSR count). The fourth-order valence-electron chi connectivity index (χ4n) is 3.43. The van der Waals surface area contributed by atoms with Gasteiger partial charge < -0.3 is 4.98 Å². The van der Waals surface area contributed by atoms with Crippen LogP contribution in [0.5, 0.6) is 0 Å². The van der Waals surface area contributed by atoms with Crippen molar-refractivity contribution in [1.29, 1.82) is 0 Å². The van der Waals surface area contributed by atoms with Crippen LogP contribution < -0.4 is 18.9 Å². The molecule has 1 nitrogen and oxygen atoms in total. The van der Waals surface area contributed by atoms with Gasteiger partial charge >= 0.3 is 18.9 Å². The molecule has 0 aliphatic heterocycles. The smallest absolute Gasteiger partial charge is 0.674 e. The van der Waals surface area contributed by atoms with Crippen LogP contribution in [-0.4, -0.2) is 7.55 Å². The second-order valence-electron chi connectivity index (χ2n) is 11.8. The van der Waals surface area contributed by atoms with Crippen molar-refractivity contribution < 1.29 is 18.9 Å². The minimum Gasteiger partial charge on any atom is -0.674 e. The molecule has 0 aliphatic rings. The fourth-order valence-corrected chi connectivity index (χ4v) is 6.11. The number of nitrogens with zero attached hydrogens (tertiary/aromatic N) is 1. The Morgan fingerprint density at radius 2 is 1.04 bits per heavy atom. The van der Waals surface area contributed by atoms with Crippen molar-refractivity contribution in [3.8, 4) is 0 Å². The number of halogens is 1. The van der Waals surface area contributed by atoms with Gasteiger partial charge in [0, 0.05) is 0 Å². The quantitative estimate of drug-likeness (QED) is 0.417. The van der Waals surface area contributed by atoms with Crippen LogP contribution in [0.4, 0.5) is 5.69 Å². The molecule has 0 atom stereocenters. The third kappa shape index (κ3) is 6.31. The van der Waals surface area contributed by atoms with Crippen LogP contribution >= 0.6 is 11.1 Å². The van der Waals surface area contributed by atoms with E-state index < -0.39 is 7.55 Å². The number of hydrogen-bond acceptors (Lipinski definition) is 0. The van der Waals surface area contributed by atoms with Gasteiger partial charge in [-0.3, -0.25) is 0 Å². The van der Waals surface area contributed by atoms with E-state index in [1.54, 1.807) is 0 Å². The molecule has 0 radical (unpaired) electrons. The normalized spacial score (nSPS) is 13.7. The molecule has 0 fully saturated rings. The summed E-state index contributed by atoms with van der Waals surface area (Å²) in [4.78, 5) is 5.45. The van der Waals surface area contributed by atoms with Crippen molar-refractivity contribution in [2.24, 2.45) is 0 Å². The van der Waals surface area contributed by atoms with Crippen molar-refractivity contribution >= 4 is 24.3 Å². The molecule has 4 heteroatoms. The summed E-state index contributed by atoms with van der Waals surface area (Å²) in [6.45, 7) is 29.6. The summed E-state index contributed by atoms with van der Waals surface area (Å²) in [6.07, 6.45) is 0. The van der Waals surface area contributed by atoms with Gasteiger partial charge in [0.1, 0.15) is 0 Å². The monoisotopic (exact) mass is 415 g/mol. The molecule has 1 aromatic carbocycles. The molecule has 156 valence electrons. The van der Waals surface area contributed by atoms with E-state index in [1.807, 2.05) is 0 Å². The molecule has 1 aromatic rings. The maximum atomic E-state index is 7.29. The summed E-state index contributed by atoms with van der Waals surface area (Å²) >= 11 is 7.29. The summed E-state index contributed by atoms with van der Waals surface area (Å²) in [5.41, 5.74) is 6.12. The first-order chi connectivity index (χ1) is 11.8. The zero-order valence-corrected chi connectivity index (χ0v) is 22.9. The van der Waals surface area contributed by atoms with E-state index in [0.29, 0.717) is 11.1 Å². The van der Waals surface area contributed by atoms with E-state index in [4.69, 9.17) is 16.1 Å². The van der Waals surface area contributed by atoms with Gasteiger partial charge in [-0.2, -0.15) is 11.1 Å². The Kier molecular flexibility index (Phi) is 9.13. The largest absolute Gasteiger partial charge is 1.00 e. The Balaban J connectivity index is 0.00000729. The molecule has 28 heavy (non-hydrogen) atoms. The van der Waals surface area contributed by atoms with Crippen LogP contribution in [0.2, 0.25) is 11.1 Å². The van der Waals surface area contributed by atoms with Gasteiger partial charge in [-0.1, -0.05) is 124 Å². The summed E-state index contributed by atoms with van der Waals surface area (Å²) in [5, 5.41) is 0. The van der Waals surface area contributed by atoms with Gasteiger partial charge in [0.25, 0.3) is 0 Å². The van der Waals surface area contributed by atoms with Crippen LogP contribution in [0.25, 0.3) is 4.98 Å². The molecular formula is C24H43ClLiNSi. The van der Waals surface area contributed by atoms with E-state index in [9.17, 15) is 0 Å². The average Bonchev–Trinajstić information content (AvgIpc) is 2.42. The summed E-state index contributed by atoms with van der Waals surface area (Å²) < 4.78 is 0. The average molecular weight is 416 g/mol. The standard InChI is InChI=1S/C24H43ClNSi.Li/c1-16(2)27(25,17(3)4)26-21-19(23(8,9)10)14-18(22(5,6)7)15-20(21)24(11,12)13;/h14-17H,1-13H3;/q-1;+1. The Bertz CT molecular complexity index is 618. The van der Waals surface area contributed by atoms with Crippen molar-refractivity contribution in [3.63, 3.8) is 0 Å². The predicted octanol–water partition coefficient (Wildman–Crippen LogP) is 6.09. The molecule has 0 amide bonds. The molecule has 0 N–H and O–H groups in total. The van der Waals surface area contributed by atoms with Crippen LogP contribution in [0.15, 0.2) is 12.1 Å². The van der Waals surface area contributed by atoms with Gasteiger partial charge in [0.05, 0.1) is 7.55 Å². The molecule has 0 aromatic heterocycles. The van der Waals surface area contributed by atoms with Gasteiger partial charge in [0.15, 0.2) is 0 Å². The topological polar surface area (TPSA) is 14.1 Å². The van der Waals surface area contributed by atoms with Gasteiger partial charge in [-0.25, -0.2) is 0 Å². The zero-order valence-electron chi connectivity index (χ0n) is 21.1. The van der Waals surface area contributed by atoms with Crippen LogP contribution in [0.3, 0.4) is 0 Å². The summed E-state index contributed by atoms with van der Waals surface area (Å²) in [6, 6.07) is 4.78. The molecule has 0 aliphatic carbocycles. The first-order valence-corrected chi connectivity index (χ1v) is 13.5. The minimum absolute atomic E-state index is 0. The van der Waals surface area contributed by atoms with Crippen LogP contribution in [0, 0.1) is 0 Å². The maximum Gasteiger partial charge on any atom is 1.00 e. The van der Waals surface area contributed by atoms with Crippen molar-refractivity contribution in [1.82, 2.24) is 0 Å². The number of hydrogen-bond donors (Lipinski definition) is 0. The molecular weight excluding hydrogens is 373 g/mol. The Morgan fingerprint density at radius 1 is 0.714 bits per heavy atom. The molecule has 0 saturated heterocycles. The zero-order chi connectivity index (χ0) is 21.6. The number of benzene rings is 1. The Hall–Kier alpha value is 0.124. The molecule has 0 heterocycles. The molecule has 0 spiro atoms. The second kappa shape index (κ2) is 9.09. The molecule has 0 bridgehead atoms. The van der Waals surface area contributed by atoms with E-state index in [2.05, 4.69) is 102 Å². The van der Waals surface area contributed by atoms with Crippen molar-refractivity contribution in [2.75, 3.05) is 0 Å². The summed E-state index contributed by atoms with van der Waals surface area (Å²) in [5.74, 6) is 0. The van der Waals surface area contributed by atoms with Gasteiger partial charge in [-0.05, 0) is 21.8 Å². The SMILES string of the molecule is CC(C)[Si](Cl)([N-]c1c(C(C)(C)C)cc(C(C)(C)C)cc1C(C)(C)C)C(C)C.[Li+]. The summed E-state index contributed by atoms with van der Waals surface area (Å²) in [7, 11) is -2.33. The van der Waals surface area contributed by atoms with Crippen LogP contribution in [0.1, 0.15) is 107 Å². The maximum absolute atomic E-state index is 7.29. The third-order valence-electron chi connectivity index (χ3n) is 5.49. The number of rotatable bonds is 4.